The van der Waals surface area contributed by atoms with E-state index >= 15 is 0 Å². The zero-order chi connectivity index (χ0) is 11.3. The van der Waals surface area contributed by atoms with Crippen molar-refractivity contribution < 1.29 is 4.79 Å². The van der Waals surface area contributed by atoms with E-state index in [1.165, 1.54) is 0 Å². The molecule has 3 nitrogen and oxygen atoms in total. The standard InChI is InChI=1S/C11H15ClN2O/c1-8(13)2-7-11(15)14-10-5-3-9(12)4-6-10/h3-6,8H,2,7,13H2,1H3,(H,14,15). The Hall–Kier alpha value is -1.06. The molecular formula is C11H15ClN2O. The average molecular weight is 227 g/mol. The molecule has 1 aromatic rings. The number of halogens is 1. The van der Waals surface area contributed by atoms with E-state index in [0.717, 1.165) is 5.69 Å². The number of hydrogen-bond acceptors (Lipinski definition) is 2. The Morgan fingerprint density at radius 3 is 2.60 bits per heavy atom. The molecular weight excluding hydrogens is 212 g/mol. The minimum atomic E-state index is -0.0189. The van der Waals surface area contributed by atoms with Crippen molar-refractivity contribution in [1.29, 1.82) is 0 Å². The molecule has 0 saturated heterocycles. The minimum Gasteiger partial charge on any atom is -0.328 e. The molecule has 0 aliphatic carbocycles. The maximum Gasteiger partial charge on any atom is 0.224 e. The van der Waals surface area contributed by atoms with Crippen molar-refractivity contribution in [2.75, 3.05) is 5.32 Å². The van der Waals surface area contributed by atoms with E-state index in [0.29, 0.717) is 17.9 Å². The summed E-state index contributed by atoms with van der Waals surface area (Å²) in [5, 5.41) is 3.43. The lowest BCUT2D eigenvalue weighted by Gasteiger charge is -2.06. The van der Waals surface area contributed by atoms with Crippen molar-refractivity contribution in [2.45, 2.75) is 25.8 Å². The Kier molecular flexibility index (Phi) is 4.59. The number of carbonyl (C=O) groups is 1. The SMILES string of the molecule is CC(N)CCC(=O)Nc1ccc(Cl)cc1. The zero-order valence-electron chi connectivity index (χ0n) is 8.66. The summed E-state index contributed by atoms with van der Waals surface area (Å²) in [7, 11) is 0. The normalized spacial score (nSPS) is 12.2. The van der Waals surface area contributed by atoms with Gasteiger partial charge in [0, 0.05) is 23.2 Å². The average Bonchev–Trinajstić information content (AvgIpc) is 2.19. The van der Waals surface area contributed by atoms with Crippen LogP contribution in [0, 0.1) is 0 Å². The van der Waals surface area contributed by atoms with E-state index in [1.54, 1.807) is 24.3 Å². The molecule has 15 heavy (non-hydrogen) atoms. The number of anilines is 1. The molecule has 1 rings (SSSR count). The fraction of sp³-hybridized carbons (Fsp3) is 0.364. The van der Waals surface area contributed by atoms with E-state index in [-0.39, 0.29) is 11.9 Å². The summed E-state index contributed by atoms with van der Waals surface area (Å²) >= 11 is 5.72. The van der Waals surface area contributed by atoms with Gasteiger partial charge < -0.3 is 11.1 Å². The maximum atomic E-state index is 11.4. The molecule has 0 aliphatic heterocycles. The van der Waals surface area contributed by atoms with Gasteiger partial charge in [0.2, 0.25) is 5.91 Å². The molecule has 1 unspecified atom stereocenters. The summed E-state index contributed by atoms with van der Waals surface area (Å²) in [5.74, 6) is -0.0189. The number of nitrogens with two attached hydrogens (primary N) is 1. The molecule has 4 heteroatoms. The molecule has 82 valence electrons. The zero-order valence-corrected chi connectivity index (χ0v) is 9.42. The van der Waals surface area contributed by atoms with Crippen molar-refractivity contribution in [3.05, 3.63) is 29.3 Å². The van der Waals surface area contributed by atoms with Gasteiger partial charge in [0.1, 0.15) is 0 Å². The van der Waals surface area contributed by atoms with Gasteiger partial charge in [0.05, 0.1) is 0 Å². The van der Waals surface area contributed by atoms with E-state index < -0.39 is 0 Å². The monoisotopic (exact) mass is 226 g/mol. The topological polar surface area (TPSA) is 55.1 Å². The van der Waals surface area contributed by atoms with Crippen molar-refractivity contribution in [3.63, 3.8) is 0 Å². The first kappa shape index (κ1) is 12.0. The van der Waals surface area contributed by atoms with E-state index in [1.807, 2.05) is 6.92 Å². The molecule has 3 N–H and O–H groups in total. The second kappa shape index (κ2) is 5.73. The molecule has 0 aliphatic rings. The summed E-state index contributed by atoms with van der Waals surface area (Å²) in [4.78, 5) is 11.4. The lowest BCUT2D eigenvalue weighted by Crippen LogP contribution is -2.19. The highest BCUT2D eigenvalue weighted by molar-refractivity contribution is 6.30. The molecule has 0 fully saturated rings. The van der Waals surface area contributed by atoms with Crippen LogP contribution in [-0.4, -0.2) is 11.9 Å². The summed E-state index contributed by atoms with van der Waals surface area (Å²) < 4.78 is 0. The Balaban J connectivity index is 2.41. The molecule has 0 heterocycles. The molecule has 1 atom stereocenters. The van der Waals surface area contributed by atoms with Gasteiger partial charge in [-0.3, -0.25) is 4.79 Å². The number of amides is 1. The lowest BCUT2D eigenvalue weighted by atomic mass is 10.2. The number of nitrogens with one attached hydrogen (secondary N) is 1. The Morgan fingerprint density at radius 2 is 2.07 bits per heavy atom. The summed E-state index contributed by atoms with van der Waals surface area (Å²) in [5.41, 5.74) is 6.31. The Morgan fingerprint density at radius 1 is 1.47 bits per heavy atom. The molecule has 0 bridgehead atoms. The van der Waals surface area contributed by atoms with Crippen LogP contribution in [0.5, 0.6) is 0 Å². The Bertz CT molecular complexity index is 322. The van der Waals surface area contributed by atoms with E-state index in [4.69, 9.17) is 17.3 Å². The van der Waals surface area contributed by atoms with Gasteiger partial charge in [-0.15, -0.1) is 0 Å². The molecule has 0 radical (unpaired) electrons. The van der Waals surface area contributed by atoms with Crippen LogP contribution in [0.15, 0.2) is 24.3 Å². The van der Waals surface area contributed by atoms with Crippen LogP contribution in [0.25, 0.3) is 0 Å². The second-order valence-corrected chi connectivity index (χ2v) is 4.01. The van der Waals surface area contributed by atoms with E-state index in [9.17, 15) is 4.79 Å². The van der Waals surface area contributed by atoms with Crippen molar-refractivity contribution in [3.8, 4) is 0 Å². The van der Waals surface area contributed by atoms with Crippen LogP contribution in [0.2, 0.25) is 5.02 Å². The molecule has 0 saturated carbocycles. The van der Waals surface area contributed by atoms with Crippen LogP contribution in [-0.2, 0) is 4.79 Å². The first-order chi connectivity index (χ1) is 7.08. The fourth-order valence-electron chi connectivity index (χ4n) is 1.12. The van der Waals surface area contributed by atoms with E-state index in [2.05, 4.69) is 5.32 Å². The van der Waals surface area contributed by atoms with Crippen LogP contribution in [0.1, 0.15) is 19.8 Å². The van der Waals surface area contributed by atoms with Crippen molar-refractivity contribution in [2.24, 2.45) is 5.73 Å². The van der Waals surface area contributed by atoms with Gasteiger partial charge in [-0.2, -0.15) is 0 Å². The third-order valence-electron chi connectivity index (χ3n) is 1.95. The Labute approximate surface area is 94.6 Å². The third-order valence-corrected chi connectivity index (χ3v) is 2.21. The number of carbonyl (C=O) groups excluding carboxylic acids is 1. The quantitative estimate of drug-likeness (QED) is 0.829. The largest absolute Gasteiger partial charge is 0.328 e. The van der Waals surface area contributed by atoms with Gasteiger partial charge in [-0.05, 0) is 37.6 Å². The predicted octanol–water partition coefficient (Wildman–Crippen LogP) is 2.41. The summed E-state index contributed by atoms with van der Waals surface area (Å²) in [6.45, 7) is 1.88. The predicted molar refractivity (Wildman–Crippen MR) is 63.0 cm³/mol. The lowest BCUT2D eigenvalue weighted by molar-refractivity contribution is -0.116. The van der Waals surface area contributed by atoms with Crippen molar-refractivity contribution in [1.82, 2.24) is 0 Å². The van der Waals surface area contributed by atoms with Crippen LogP contribution in [0.4, 0.5) is 5.69 Å². The minimum absolute atomic E-state index is 0.0189. The third kappa shape index (κ3) is 4.81. The van der Waals surface area contributed by atoms with Gasteiger partial charge >= 0.3 is 0 Å². The molecule has 0 spiro atoms. The smallest absolute Gasteiger partial charge is 0.224 e. The maximum absolute atomic E-state index is 11.4. The number of hydrogen-bond donors (Lipinski definition) is 2. The van der Waals surface area contributed by atoms with Gasteiger partial charge in [-0.1, -0.05) is 11.6 Å². The number of benzene rings is 1. The number of rotatable bonds is 4. The van der Waals surface area contributed by atoms with Gasteiger partial charge in [-0.25, -0.2) is 0 Å². The first-order valence-corrected chi connectivity index (χ1v) is 5.26. The first-order valence-electron chi connectivity index (χ1n) is 4.89. The van der Waals surface area contributed by atoms with Crippen LogP contribution < -0.4 is 11.1 Å². The highest BCUT2D eigenvalue weighted by Gasteiger charge is 2.03. The highest BCUT2D eigenvalue weighted by atomic mass is 35.5. The van der Waals surface area contributed by atoms with Crippen LogP contribution in [0.3, 0.4) is 0 Å². The summed E-state index contributed by atoms with van der Waals surface area (Å²) in [6.07, 6.45) is 1.14. The summed E-state index contributed by atoms with van der Waals surface area (Å²) in [6, 6.07) is 7.07. The highest BCUT2D eigenvalue weighted by Crippen LogP contribution is 2.13. The van der Waals surface area contributed by atoms with Crippen LogP contribution >= 0.6 is 11.6 Å². The van der Waals surface area contributed by atoms with Gasteiger partial charge in [0.25, 0.3) is 0 Å². The second-order valence-electron chi connectivity index (χ2n) is 3.57. The van der Waals surface area contributed by atoms with Crippen molar-refractivity contribution >= 4 is 23.2 Å². The molecule has 1 aromatic carbocycles. The molecule has 1 amide bonds. The van der Waals surface area contributed by atoms with Gasteiger partial charge in [0.15, 0.2) is 0 Å². The molecule has 0 aromatic heterocycles. The fourth-order valence-corrected chi connectivity index (χ4v) is 1.24.